The normalized spacial score (nSPS) is 16.1. The molecule has 136 valence electrons. The second kappa shape index (κ2) is 8.47. The number of carbonyl (C=O) groups is 2. The number of benzene rings is 2. The van der Waals surface area contributed by atoms with Gasteiger partial charge in [0, 0.05) is 16.1 Å². The zero-order chi connectivity index (χ0) is 18.5. The van der Waals surface area contributed by atoms with Crippen molar-refractivity contribution in [2.45, 2.75) is 32.2 Å². The molecule has 1 fully saturated rings. The number of halogens is 1. The molecule has 0 saturated carbocycles. The predicted molar refractivity (Wildman–Crippen MR) is 105 cm³/mol. The molecule has 1 N–H and O–H groups in total. The fraction of sp³-hybridized carbons (Fsp3) is 0.333. The van der Waals surface area contributed by atoms with Gasteiger partial charge in [0.05, 0.1) is 11.7 Å². The lowest BCUT2D eigenvalue weighted by Gasteiger charge is -2.31. The van der Waals surface area contributed by atoms with Gasteiger partial charge in [0.15, 0.2) is 5.78 Å². The number of hydrogen-bond acceptors (Lipinski definition) is 3. The van der Waals surface area contributed by atoms with Crippen molar-refractivity contribution in [3.8, 4) is 0 Å². The maximum absolute atomic E-state index is 12.8. The van der Waals surface area contributed by atoms with E-state index in [0.717, 1.165) is 25.9 Å². The summed E-state index contributed by atoms with van der Waals surface area (Å²) in [4.78, 5) is 27.7. The Hall–Kier alpha value is -2.17. The summed E-state index contributed by atoms with van der Waals surface area (Å²) in [5.41, 5.74) is 1.57. The molecule has 2 aromatic carbocycles. The Kier molecular flexibility index (Phi) is 6.07. The molecule has 26 heavy (non-hydrogen) atoms. The highest BCUT2D eigenvalue weighted by molar-refractivity contribution is 6.30. The van der Waals surface area contributed by atoms with E-state index in [-0.39, 0.29) is 17.7 Å². The Morgan fingerprint density at radius 1 is 1.00 bits per heavy atom. The summed E-state index contributed by atoms with van der Waals surface area (Å²) in [6.45, 7) is 3.81. The maximum atomic E-state index is 12.8. The predicted octanol–water partition coefficient (Wildman–Crippen LogP) is 4.38. The standard InChI is InChI=1S/C21H23ClN2O2/c1-15(24-13-5-2-6-14-24)21(26)23-19-8-4-3-7-18(19)20(25)16-9-11-17(22)12-10-16/h3-4,7-12,15H,2,5-6,13-14H2,1H3,(H,23,26)/t15-/m0/s1. The van der Waals surface area contributed by atoms with Crippen LogP contribution < -0.4 is 5.32 Å². The number of nitrogens with one attached hydrogen (secondary N) is 1. The van der Waals surface area contributed by atoms with E-state index in [1.54, 1.807) is 42.5 Å². The molecule has 0 aromatic heterocycles. The van der Waals surface area contributed by atoms with Crippen molar-refractivity contribution in [2.75, 3.05) is 18.4 Å². The monoisotopic (exact) mass is 370 g/mol. The molecular formula is C21H23ClN2O2. The summed E-state index contributed by atoms with van der Waals surface area (Å²) < 4.78 is 0. The van der Waals surface area contributed by atoms with Crippen molar-refractivity contribution in [1.82, 2.24) is 4.90 Å². The van der Waals surface area contributed by atoms with E-state index < -0.39 is 0 Å². The van der Waals surface area contributed by atoms with Crippen LogP contribution in [0.3, 0.4) is 0 Å². The SMILES string of the molecule is C[C@@H](C(=O)Nc1ccccc1C(=O)c1ccc(Cl)cc1)N1CCCCC1. The van der Waals surface area contributed by atoms with Gasteiger partial charge in [0.1, 0.15) is 0 Å². The number of rotatable bonds is 5. The van der Waals surface area contributed by atoms with E-state index in [2.05, 4.69) is 10.2 Å². The molecule has 0 aliphatic carbocycles. The molecule has 1 heterocycles. The van der Waals surface area contributed by atoms with Crippen molar-refractivity contribution >= 4 is 29.0 Å². The maximum Gasteiger partial charge on any atom is 0.241 e. The smallest absolute Gasteiger partial charge is 0.241 e. The Morgan fingerprint density at radius 3 is 2.35 bits per heavy atom. The van der Waals surface area contributed by atoms with Gasteiger partial charge in [-0.1, -0.05) is 30.2 Å². The molecule has 0 unspecified atom stereocenters. The Balaban J connectivity index is 1.77. The summed E-state index contributed by atoms with van der Waals surface area (Å²) in [6, 6.07) is 13.7. The summed E-state index contributed by atoms with van der Waals surface area (Å²) in [6.07, 6.45) is 3.48. The molecule has 1 atom stereocenters. The first-order valence-corrected chi connectivity index (χ1v) is 9.38. The van der Waals surface area contributed by atoms with E-state index in [4.69, 9.17) is 11.6 Å². The zero-order valence-corrected chi connectivity index (χ0v) is 15.6. The molecule has 5 heteroatoms. The third-order valence-electron chi connectivity index (χ3n) is 4.85. The van der Waals surface area contributed by atoms with Gasteiger partial charge in [-0.15, -0.1) is 0 Å². The minimum absolute atomic E-state index is 0.0803. The average Bonchev–Trinajstić information content (AvgIpc) is 2.68. The summed E-state index contributed by atoms with van der Waals surface area (Å²) in [7, 11) is 0. The molecule has 1 aliphatic heterocycles. The number of amides is 1. The number of ketones is 1. The highest BCUT2D eigenvalue weighted by atomic mass is 35.5. The summed E-state index contributed by atoms with van der Waals surface area (Å²) in [5.74, 6) is -0.216. The zero-order valence-electron chi connectivity index (χ0n) is 14.9. The quantitative estimate of drug-likeness (QED) is 0.794. The lowest BCUT2D eigenvalue weighted by Crippen LogP contribution is -2.44. The molecule has 2 aromatic rings. The third-order valence-corrected chi connectivity index (χ3v) is 5.11. The molecule has 1 aliphatic rings. The van der Waals surface area contributed by atoms with E-state index in [0.29, 0.717) is 21.8 Å². The van der Waals surface area contributed by atoms with Gasteiger partial charge in [-0.25, -0.2) is 0 Å². The van der Waals surface area contributed by atoms with Gasteiger partial charge in [-0.3, -0.25) is 14.5 Å². The molecule has 4 nitrogen and oxygen atoms in total. The molecule has 1 saturated heterocycles. The fourth-order valence-electron chi connectivity index (χ4n) is 3.26. The second-order valence-electron chi connectivity index (χ2n) is 6.64. The summed E-state index contributed by atoms with van der Waals surface area (Å²) >= 11 is 5.90. The van der Waals surface area contributed by atoms with E-state index in [1.165, 1.54) is 6.42 Å². The molecule has 0 bridgehead atoms. The minimum atomic E-state index is -0.214. The van der Waals surface area contributed by atoms with Crippen LogP contribution in [0.2, 0.25) is 5.02 Å². The van der Waals surface area contributed by atoms with Gasteiger partial charge in [-0.2, -0.15) is 0 Å². The molecule has 3 rings (SSSR count). The molecular weight excluding hydrogens is 348 g/mol. The Morgan fingerprint density at radius 2 is 1.65 bits per heavy atom. The van der Waals surface area contributed by atoms with Crippen LogP contribution in [0.15, 0.2) is 48.5 Å². The topological polar surface area (TPSA) is 49.4 Å². The van der Waals surface area contributed by atoms with E-state index in [1.807, 2.05) is 13.0 Å². The van der Waals surface area contributed by atoms with Gasteiger partial charge < -0.3 is 5.32 Å². The van der Waals surface area contributed by atoms with Crippen LogP contribution in [0.5, 0.6) is 0 Å². The Labute approximate surface area is 159 Å². The van der Waals surface area contributed by atoms with Crippen LogP contribution in [0.4, 0.5) is 5.69 Å². The van der Waals surface area contributed by atoms with Crippen molar-refractivity contribution in [2.24, 2.45) is 0 Å². The number of carbonyl (C=O) groups excluding carboxylic acids is 2. The number of likely N-dealkylation sites (tertiary alicyclic amines) is 1. The van der Waals surface area contributed by atoms with Crippen molar-refractivity contribution in [3.05, 3.63) is 64.7 Å². The van der Waals surface area contributed by atoms with Crippen molar-refractivity contribution in [1.29, 1.82) is 0 Å². The first kappa shape index (κ1) is 18.6. The van der Waals surface area contributed by atoms with Crippen LogP contribution in [-0.4, -0.2) is 35.7 Å². The fourth-order valence-corrected chi connectivity index (χ4v) is 3.38. The number of para-hydroxylation sites is 1. The molecule has 1 amide bonds. The first-order valence-electron chi connectivity index (χ1n) is 9.00. The highest BCUT2D eigenvalue weighted by Gasteiger charge is 2.24. The van der Waals surface area contributed by atoms with Gasteiger partial charge in [0.2, 0.25) is 5.91 Å². The van der Waals surface area contributed by atoms with E-state index >= 15 is 0 Å². The highest BCUT2D eigenvalue weighted by Crippen LogP contribution is 2.21. The third kappa shape index (κ3) is 4.32. The number of piperidine rings is 1. The largest absolute Gasteiger partial charge is 0.324 e. The first-order chi connectivity index (χ1) is 12.6. The van der Waals surface area contributed by atoms with Crippen molar-refractivity contribution < 1.29 is 9.59 Å². The van der Waals surface area contributed by atoms with Crippen LogP contribution >= 0.6 is 11.6 Å². The second-order valence-corrected chi connectivity index (χ2v) is 7.08. The molecule has 0 radical (unpaired) electrons. The van der Waals surface area contributed by atoms with Crippen LogP contribution in [0, 0.1) is 0 Å². The Bertz CT molecular complexity index is 783. The lowest BCUT2D eigenvalue weighted by molar-refractivity contribution is -0.121. The number of nitrogens with zero attached hydrogens (tertiary/aromatic N) is 1. The van der Waals surface area contributed by atoms with Crippen LogP contribution in [0.25, 0.3) is 0 Å². The van der Waals surface area contributed by atoms with Crippen molar-refractivity contribution in [3.63, 3.8) is 0 Å². The average molecular weight is 371 g/mol. The van der Waals surface area contributed by atoms with E-state index in [9.17, 15) is 9.59 Å². The minimum Gasteiger partial charge on any atom is -0.324 e. The van der Waals surface area contributed by atoms with Gasteiger partial charge >= 0.3 is 0 Å². The van der Waals surface area contributed by atoms with Crippen LogP contribution in [-0.2, 0) is 4.79 Å². The van der Waals surface area contributed by atoms with Gasteiger partial charge in [-0.05, 0) is 69.3 Å². The van der Waals surface area contributed by atoms with Gasteiger partial charge in [0.25, 0.3) is 0 Å². The lowest BCUT2D eigenvalue weighted by atomic mass is 10.0. The summed E-state index contributed by atoms with van der Waals surface area (Å²) in [5, 5.41) is 3.52. The number of hydrogen-bond donors (Lipinski definition) is 1. The van der Waals surface area contributed by atoms with Crippen LogP contribution in [0.1, 0.15) is 42.1 Å². The molecule has 0 spiro atoms. The number of anilines is 1.